The molecule has 1 amide bonds. The summed E-state index contributed by atoms with van der Waals surface area (Å²) in [5, 5.41) is 0. The summed E-state index contributed by atoms with van der Waals surface area (Å²) in [5.74, 6) is 0.446. The van der Waals surface area contributed by atoms with Crippen LogP contribution >= 0.6 is 0 Å². The number of carbonyl (C=O) groups is 1. The Morgan fingerprint density at radius 3 is 2.23 bits per heavy atom. The van der Waals surface area contributed by atoms with Crippen molar-refractivity contribution in [3.63, 3.8) is 0 Å². The van der Waals surface area contributed by atoms with Crippen LogP contribution in [0.2, 0.25) is 0 Å². The number of hydrogen-bond donors (Lipinski definition) is 0. The van der Waals surface area contributed by atoms with Gasteiger partial charge in [0.1, 0.15) is 11.6 Å². The smallest absolute Gasteiger partial charge is 0.254 e. The molecule has 1 fully saturated rings. The van der Waals surface area contributed by atoms with Crippen molar-refractivity contribution in [2.24, 2.45) is 0 Å². The molecule has 3 aromatic rings. The Kier molecular flexibility index (Phi) is 6.32. The van der Waals surface area contributed by atoms with Crippen molar-refractivity contribution in [2.45, 2.75) is 0 Å². The summed E-state index contributed by atoms with van der Waals surface area (Å²) in [7, 11) is 1.62. The van der Waals surface area contributed by atoms with Crippen molar-refractivity contribution >= 4 is 23.2 Å². The zero-order valence-electron chi connectivity index (χ0n) is 17.5. The number of ether oxygens (including phenoxy) is 1. The van der Waals surface area contributed by atoms with Gasteiger partial charge in [-0.2, -0.15) is 0 Å². The van der Waals surface area contributed by atoms with Crippen LogP contribution in [0.1, 0.15) is 11.1 Å². The van der Waals surface area contributed by atoms with E-state index in [0.29, 0.717) is 43.2 Å². The molecule has 1 aliphatic heterocycles. The molecule has 158 valence electrons. The second-order valence-electron chi connectivity index (χ2n) is 7.40. The largest absolute Gasteiger partial charge is 0.496 e. The number of amides is 1. The van der Waals surface area contributed by atoms with Crippen molar-refractivity contribution in [2.75, 3.05) is 38.2 Å². The Morgan fingerprint density at radius 2 is 1.52 bits per heavy atom. The summed E-state index contributed by atoms with van der Waals surface area (Å²) in [6.45, 7) is 2.24. The van der Waals surface area contributed by atoms with Crippen LogP contribution in [0, 0.1) is 5.82 Å². The Bertz CT molecular complexity index is 1070. The first-order chi connectivity index (χ1) is 15.2. The Hall–Kier alpha value is -3.60. The topological polar surface area (TPSA) is 32.8 Å². The van der Waals surface area contributed by atoms with Gasteiger partial charge in [0, 0.05) is 37.3 Å². The van der Waals surface area contributed by atoms with E-state index in [2.05, 4.69) is 0 Å². The molecule has 31 heavy (non-hydrogen) atoms. The summed E-state index contributed by atoms with van der Waals surface area (Å²) >= 11 is 0. The minimum Gasteiger partial charge on any atom is -0.496 e. The monoisotopic (exact) mass is 416 g/mol. The summed E-state index contributed by atoms with van der Waals surface area (Å²) in [6, 6.07) is 24.1. The molecule has 5 heteroatoms. The van der Waals surface area contributed by atoms with Gasteiger partial charge in [-0.3, -0.25) is 4.79 Å². The highest BCUT2D eigenvalue weighted by Crippen LogP contribution is 2.27. The van der Waals surface area contributed by atoms with Crippen molar-refractivity contribution in [3.05, 3.63) is 95.8 Å². The van der Waals surface area contributed by atoms with E-state index in [1.54, 1.807) is 19.2 Å². The maximum Gasteiger partial charge on any atom is 0.254 e. The lowest BCUT2D eigenvalue weighted by molar-refractivity contribution is -0.125. The van der Waals surface area contributed by atoms with Crippen LogP contribution in [0.4, 0.5) is 10.1 Å². The minimum atomic E-state index is -0.233. The number of nitrogens with zero attached hydrogens (tertiary/aromatic N) is 2. The molecule has 1 aliphatic rings. The maximum atomic E-state index is 14.1. The van der Waals surface area contributed by atoms with E-state index in [1.165, 1.54) is 6.07 Å². The molecule has 1 heterocycles. The quantitative estimate of drug-likeness (QED) is 0.446. The van der Waals surface area contributed by atoms with Crippen molar-refractivity contribution in [1.82, 2.24) is 4.90 Å². The molecular formula is C26H25FN2O2. The van der Waals surface area contributed by atoms with Crippen LogP contribution in [0.5, 0.6) is 5.75 Å². The third-order valence-corrected chi connectivity index (χ3v) is 5.51. The van der Waals surface area contributed by atoms with Gasteiger partial charge in [0.2, 0.25) is 0 Å². The zero-order chi connectivity index (χ0) is 21.6. The van der Waals surface area contributed by atoms with Gasteiger partial charge in [-0.1, -0.05) is 60.7 Å². The Morgan fingerprint density at radius 1 is 0.871 bits per heavy atom. The normalized spacial score (nSPS) is 14.5. The predicted molar refractivity (Wildman–Crippen MR) is 123 cm³/mol. The Balaban J connectivity index is 1.59. The van der Waals surface area contributed by atoms with Gasteiger partial charge >= 0.3 is 0 Å². The first kappa shape index (κ1) is 20.7. The lowest BCUT2D eigenvalue weighted by atomic mass is 10.0. The van der Waals surface area contributed by atoms with Crippen molar-refractivity contribution < 1.29 is 13.9 Å². The second-order valence-corrected chi connectivity index (χ2v) is 7.40. The first-order valence-electron chi connectivity index (χ1n) is 10.4. The predicted octanol–water partition coefficient (Wildman–Crippen LogP) is 4.72. The lowest BCUT2D eigenvalue weighted by Crippen LogP contribution is -2.49. The third kappa shape index (κ3) is 4.61. The average Bonchev–Trinajstić information content (AvgIpc) is 2.83. The molecule has 0 saturated carbocycles. The fourth-order valence-electron chi connectivity index (χ4n) is 3.86. The molecule has 0 aromatic heterocycles. The van der Waals surface area contributed by atoms with E-state index in [4.69, 9.17) is 4.74 Å². The van der Waals surface area contributed by atoms with Crippen LogP contribution < -0.4 is 9.64 Å². The molecule has 4 rings (SSSR count). The van der Waals surface area contributed by atoms with Crippen molar-refractivity contribution in [1.29, 1.82) is 0 Å². The summed E-state index contributed by atoms with van der Waals surface area (Å²) < 4.78 is 19.6. The molecule has 0 aliphatic carbocycles. The molecule has 0 unspecified atom stereocenters. The van der Waals surface area contributed by atoms with Gasteiger partial charge in [0.25, 0.3) is 5.91 Å². The lowest BCUT2D eigenvalue weighted by Gasteiger charge is -2.36. The highest BCUT2D eigenvalue weighted by molar-refractivity contribution is 6.24. The molecular weight excluding hydrogens is 391 g/mol. The maximum absolute atomic E-state index is 14.1. The molecule has 0 bridgehead atoms. The van der Waals surface area contributed by atoms with Gasteiger partial charge in [-0.15, -0.1) is 0 Å². The highest BCUT2D eigenvalue weighted by atomic mass is 19.1. The number of piperazine rings is 1. The first-order valence-corrected chi connectivity index (χ1v) is 10.4. The Labute approximate surface area is 182 Å². The SMILES string of the molecule is COc1ccccc1C=C(C(=O)N1CCN(c2ccccc2F)CC1)c1ccccc1. The summed E-state index contributed by atoms with van der Waals surface area (Å²) in [4.78, 5) is 17.4. The fourth-order valence-corrected chi connectivity index (χ4v) is 3.86. The van der Waals surface area contributed by atoms with Crippen molar-refractivity contribution in [3.8, 4) is 5.75 Å². The number of para-hydroxylation sites is 2. The molecule has 0 spiro atoms. The van der Waals surface area contributed by atoms with Gasteiger partial charge in [-0.25, -0.2) is 4.39 Å². The molecule has 3 aromatic carbocycles. The van der Waals surface area contributed by atoms with Crippen LogP contribution in [0.3, 0.4) is 0 Å². The van der Waals surface area contributed by atoms with E-state index in [9.17, 15) is 9.18 Å². The molecule has 0 atom stereocenters. The van der Waals surface area contributed by atoms with E-state index in [0.717, 1.165) is 11.1 Å². The highest BCUT2D eigenvalue weighted by Gasteiger charge is 2.25. The number of carbonyl (C=O) groups excluding carboxylic acids is 1. The van der Waals surface area contributed by atoms with Gasteiger partial charge in [-0.05, 0) is 29.8 Å². The number of anilines is 1. The molecule has 0 N–H and O–H groups in total. The second kappa shape index (κ2) is 9.47. The van der Waals surface area contributed by atoms with Gasteiger partial charge < -0.3 is 14.5 Å². The zero-order valence-corrected chi connectivity index (χ0v) is 17.5. The van der Waals surface area contributed by atoms with Crippen LogP contribution in [-0.2, 0) is 4.79 Å². The van der Waals surface area contributed by atoms with E-state index < -0.39 is 0 Å². The average molecular weight is 416 g/mol. The van der Waals surface area contributed by atoms with E-state index in [-0.39, 0.29) is 11.7 Å². The molecule has 0 radical (unpaired) electrons. The molecule has 1 saturated heterocycles. The van der Waals surface area contributed by atoms with Gasteiger partial charge in [0.05, 0.1) is 12.8 Å². The van der Waals surface area contributed by atoms with E-state index >= 15 is 0 Å². The number of hydrogen-bond acceptors (Lipinski definition) is 3. The van der Waals surface area contributed by atoms with Crippen LogP contribution in [0.15, 0.2) is 78.9 Å². The number of benzene rings is 3. The van der Waals surface area contributed by atoms with E-state index in [1.807, 2.05) is 76.5 Å². The third-order valence-electron chi connectivity index (χ3n) is 5.51. The summed E-state index contributed by atoms with van der Waals surface area (Å²) in [6.07, 6.45) is 1.89. The minimum absolute atomic E-state index is 0.0368. The standard InChI is InChI=1S/C26H25FN2O2/c1-31-25-14-8-5-11-21(25)19-22(20-9-3-2-4-10-20)26(30)29-17-15-28(16-18-29)24-13-7-6-12-23(24)27/h2-14,19H,15-18H2,1H3. The number of methoxy groups -OCH3 is 1. The van der Waals surface area contributed by atoms with Gasteiger partial charge in [0.15, 0.2) is 0 Å². The summed E-state index contributed by atoms with van der Waals surface area (Å²) in [5.41, 5.74) is 2.91. The van der Waals surface area contributed by atoms with Crippen LogP contribution in [0.25, 0.3) is 11.6 Å². The number of halogens is 1. The fraction of sp³-hybridized carbons (Fsp3) is 0.192. The van der Waals surface area contributed by atoms with Crippen LogP contribution in [-0.4, -0.2) is 44.1 Å². The molecule has 4 nitrogen and oxygen atoms in total. The number of rotatable bonds is 5.